The number of ether oxygens (including phenoxy) is 1. The Morgan fingerprint density at radius 1 is 1.09 bits per heavy atom. The van der Waals surface area contributed by atoms with E-state index in [-0.39, 0.29) is 23.9 Å². The molecule has 2 aliphatic rings. The third-order valence-electron chi connectivity index (χ3n) is 6.31. The summed E-state index contributed by atoms with van der Waals surface area (Å²) in [4.78, 5) is 29.3. The minimum Gasteiger partial charge on any atom is -0.497 e. The molecular weight excluding hydrogens is 458 g/mol. The Morgan fingerprint density at radius 2 is 1.79 bits per heavy atom. The molecule has 0 aliphatic carbocycles. The molecule has 174 valence electrons. The summed E-state index contributed by atoms with van der Waals surface area (Å²) in [5.41, 5.74) is 2.40. The third-order valence-corrected chi connectivity index (χ3v) is 7.73. The molecule has 8 heteroatoms. The van der Waals surface area contributed by atoms with E-state index >= 15 is 0 Å². The molecule has 1 fully saturated rings. The van der Waals surface area contributed by atoms with Crippen molar-refractivity contribution >= 4 is 29.3 Å². The summed E-state index contributed by atoms with van der Waals surface area (Å²) in [5, 5.41) is 0. The summed E-state index contributed by atoms with van der Waals surface area (Å²) in [6.45, 7) is 2.02. The average Bonchev–Trinajstić information content (AvgIpc) is 3.37. The van der Waals surface area contributed by atoms with Gasteiger partial charge in [-0.3, -0.25) is 9.59 Å². The van der Waals surface area contributed by atoms with Gasteiger partial charge in [0.2, 0.25) is 0 Å². The number of thioether (sulfide) groups is 1. The van der Waals surface area contributed by atoms with E-state index in [1.807, 2.05) is 19.1 Å². The van der Waals surface area contributed by atoms with Gasteiger partial charge in [0.05, 0.1) is 19.3 Å². The van der Waals surface area contributed by atoms with Crippen LogP contribution in [-0.2, 0) is 16.2 Å². The number of carbonyl (C=O) groups excluding carboxylic acids is 2. The Kier molecular flexibility index (Phi) is 5.56. The number of halogens is 2. The van der Waals surface area contributed by atoms with E-state index in [0.29, 0.717) is 34.9 Å². The highest BCUT2D eigenvalue weighted by Crippen LogP contribution is 2.55. The van der Waals surface area contributed by atoms with Crippen molar-refractivity contribution in [3.8, 4) is 5.75 Å². The van der Waals surface area contributed by atoms with Crippen molar-refractivity contribution in [2.75, 3.05) is 24.3 Å². The number of benzene rings is 3. The number of carbonyl (C=O) groups is 2. The van der Waals surface area contributed by atoms with Crippen molar-refractivity contribution in [3.63, 3.8) is 0 Å². The van der Waals surface area contributed by atoms with Gasteiger partial charge in [-0.25, -0.2) is 8.78 Å². The van der Waals surface area contributed by atoms with Gasteiger partial charge in [-0.15, -0.1) is 11.8 Å². The van der Waals surface area contributed by atoms with Crippen LogP contribution in [0.4, 0.5) is 14.5 Å². The summed E-state index contributed by atoms with van der Waals surface area (Å²) in [6.07, 6.45) is 0. The molecule has 0 aromatic heterocycles. The van der Waals surface area contributed by atoms with Crippen molar-refractivity contribution in [2.24, 2.45) is 0 Å². The fourth-order valence-corrected chi connectivity index (χ4v) is 6.07. The Hall–Kier alpha value is -3.39. The predicted molar refractivity (Wildman–Crippen MR) is 127 cm³/mol. The molecule has 2 heterocycles. The molecule has 2 amide bonds. The molecular formula is C26H22F2N2O3S. The molecule has 3 aromatic carbocycles. The third kappa shape index (κ3) is 3.36. The quantitative estimate of drug-likeness (QED) is 0.535. The van der Waals surface area contributed by atoms with E-state index in [0.717, 1.165) is 5.56 Å². The predicted octanol–water partition coefficient (Wildman–Crippen LogP) is 4.87. The van der Waals surface area contributed by atoms with Crippen LogP contribution in [0.5, 0.6) is 5.75 Å². The lowest BCUT2D eigenvalue weighted by Gasteiger charge is -2.33. The molecule has 1 atom stereocenters. The van der Waals surface area contributed by atoms with Gasteiger partial charge < -0.3 is 14.5 Å². The average molecular weight is 481 g/mol. The molecule has 0 N–H and O–H groups in total. The monoisotopic (exact) mass is 480 g/mol. The van der Waals surface area contributed by atoms with Gasteiger partial charge in [0.1, 0.15) is 17.4 Å². The van der Waals surface area contributed by atoms with Crippen molar-refractivity contribution < 1.29 is 23.1 Å². The molecule has 3 aromatic rings. The topological polar surface area (TPSA) is 49.9 Å². The van der Waals surface area contributed by atoms with Crippen LogP contribution in [0.2, 0.25) is 0 Å². The summed E-state index contributed by atoms with van der Waals surface area (Å²) in [7, 11) is 1.55. The van der Waals surface area contributed by atoms with E-state index in [9.17, 15) is 18.4 Å². The Balaban J connectivity index is 1.59. The standard InChI is InChI=1S/C26H22F2N2O3S/c1-16-6-11-23-20(14-16)26(25(32)29(23)15-19-21(27)4-3-5-22(19)28)30(12-13-34-26)24(31)17-7-9-18(33-2)10-8-17/h3-11,14H,12-13,15H2,1-2H3. The number of amides is 2. The fourth-order valence-electron chi connectivity index (χ4n) is 4.62. The SMILES string of the molecule is COc1ccc(C(=O)N2CCSC23C(=O)N(Cc2c(F)cccc2F)c2ccc(C)cc23)cc1. The van der Waals surface area contributed by atoms with Crippen LogP contribution in [0, 0.1) is 18.6 Å². The molecule has 1 unspecified atom stereocenters. The van der Waals surface area contributed by atoms with Gasteiger partial charge in [0.15, 0.2) is 4.87 Å². The summed E-state index contributed by atoms with van der Waals surface area (Å²) < 4.78 is 34.1. The molecule has 0 radical (unpaired) electrons. The van der Waals surface area contributed by atoms with Crippen LogP contribution in [0.3, 0.4) is 0 Å². The number of rotatable bonds is 4. The number of fused-ring (bicyclic) bond motifs is 2. The first-order chi connectivity index (χ1) is 16.4. The molecule has 2 aliphatic heterocycles. The van der Waals surface area contributed by atoms with Gasteiger partial charge in [0.25, 0.3) is 11.8 Å². The maximum absolute atomic E-state index is 14.5. The lowest BCUT2D eigenvalue weighted by molar-refractivity contribution is -0.123. The normalized spacial score (nSPS) is 19.1. The fraction of sp³-hybridized carbons (Fsp3) is 0.231. The minimum atomic E-state index is -1.29. The van der Waals surface area contributed by atoms with Crippen LogP contribution in [0.15, 0.2) is 60.7 Å². The van der Waals surface area contributed by atoms with Crippen molar-refractivity contribution in [3.05, 3.63) is 94.6 Å². The molecule has 0 bridgehead atoms. The van der Waals surface area contributed by atoms with Crippen LogP contribution in [0.1, 0.15) is 27.0 Å². The minimum absolute atomic E-state index is 0.185. The molecule has 1 saturated heterocycles. The summed E-state index contributed by atoms with van der Waals surface area (Å²) >= 11 is 1.37. The van der Waals surface area contributed by atoms with Gasteiger partial charge in [0, 0.05) is 29.0 Å². The van der Waals surface area contributed by atoms with Crippen LogP contribution in [-0.4, -0.2) is 36.1 Å². The second-order valence-electron chi connectivity index (χ2n) is 8.29. The van der Waals surface area contributed by atoms with Gasteiger partial charge in [-0.2, -0.15) is 0 Å². The second kappa shape index (κ2) is 8.43. The van der Waals surface area contributed by atoms with Crippen molar-refractivity contribution in [1.82, 2.24) is 4.90 Å². The van der Waals surface area contributed by atoms with Crippen LogP contribution in [0.25, 0.3) is 0 Å². The van der Waals surface area contributed by atoms with Gasteiger partial charge in [-0.1, -0.05) is 23.8 Å². The van der Waals surface area contributed by atoms with Gasteiger partial charge >= 0.3 is 0 Å². The number of hydrogen-bond donors (Lipinski definition) is 0. The maximum atomic E-state index is 14.5. The Bertz CT molecular complexity index is 1280. The first-order valence-electron chi connectivity index (χ1n) is 10.8. The largest absolute Gasteiger partial charge is 0.497 e. The lowest BCUT2D eigenvalue weighted by Crippen LogP contribution is -2.50. The molecule has 5 nitrogen and oxygen atoms in total. The number of methoxy groups -OCH3 is 1. The van der Waals surface area contributed by atoms with E-state index in [4.69, 9.17) is 4.74 Å². The van der Waals surface area contributed by atoms with E-state index in [2.05, 4.69) is 0 Å². The molecule has 0 saturated carbocycles. The smallest absolute Gasteiger partial charge is 0.268 e. The van der Waals surface area contributed by atoms with Gasteiger partial charge in [-0.05, 0) is 49.4 Å². The zero-order chi connectivity index (χ0) is 24.0. The summed E-state index contributed by atoms with van der Waals surface area (Å²) in [6, 6.07) is 15.9. The molecule has 5 rings (SSSR count). The van der Waals surface area contributed by atoms with E-state index < -0.39 is 16.5 Å². The summed E-state index contributed by atoms with van der Waals surface area (Å²) in [5.74, 6) is -0.908. The number of hydrogen-bond acceptors (Lipinski definition) is 4. The zero-order valence-corrected chi connectivity index (χ0v) is 19.5. The zero-order valence-electron chi connectivity index (χ0n) is 18.7. The number of anilines is 1. The van der Waals surface area contributed by atoms with Crippen molar-refractivity contribution in [2.45, 2.75) is 18.3 Å². The lowest BCUT2D eigenvalue weighted by atomic mass is 10.0. The first kappa shape index (κ1) is 22.4. The highest BCUT2D eigenvalue weighted by Gasteiger charge is 2.59. The Morgan fingerprint density at radius 3 is 2.47 bits per heavy atom. The maximum Gasteiger partial charge on any atom is 0.268 e. The highest BCUT2D eigenvalue weighted by molar-refractivity contribution is 8.01. The second-order valence-corrected chi connectivity index (χ2v) is 9.58. The Labute approximate surface area is 200 Å². The van der Waals surface area contributed by atoms with Crippen LogP contribution >= 0.6 is 11.8 Å². The number of nitrogens with zero attached hydrogens (tertiary/aromatic N) is 2. The molecule has 34 heavy (non-hydrogen) atoms. The number of aryl methyl sites for hydroxylation is 1. The van der Waals surface area contributed by atoms with Crippen LogP contribution < -0.4 is 9.64 Å². The highest BCUT2D eigenvalue weighted by atomic mass is 32.2. The van der Waals surface area contributed by atoms with E-state index in [1.54, 1.807) is 42.3 Å². The van der Waals surface area contributed by atoms with E-state index in [1.165, 1.54) is 34.9 Å². The first-order valence-corrected chi connectivity index (χ1v) is 11.8. The molecule has 1 spiro atoms. The van der Waals surface area contributed by atoms with Crippen molar-refractivity contribution in [1.29, 1.82) is 0 Å².